The summed E-state index contributed by atoms with van der Waals surface area (Å²) in [6.45, 7) is 37.7. The largest absolute Gasteiger partial charge is 0.509 e. The van der Waals surface area contributed by atoms with E-state index in [9.17, 15) is 4.79 Å². The highest BCUT2D eigenvalue weighted by molar-refractivity contribution is 6.70. The lowest BCUT2D eigenvalue weighted by Crippen LogP contribution is -2.62. The second-order valence-electron chi connectivity index (χ2n) is 22.8. The zero-order valence-electron chi connectivity index (χ0n) is 47.0. The number of carbonyl (C=O) groups excluding carboxylic acids is 2. The molecule has 4 rings (SSSR count). The van der Waals surface area contributed by atoms with Gasteiger partial charge in [0.25, 0.3) is 0 Å². The molecule has 70 heavy (non-hydrogen) atoms. The van der Waals surface area contributed by atoms with Crippen molar-refractivity contribution in [2.75, 3.05) is 42.0 Å². The molecule has 4 fully saturated rings. The summed E-state index contributed by atoms with van der Waals surface area (Å²) in [6, 6.07) is 1.73. The average Bonchev–Trinajstić information content (AvgIpc) is 3.48. The molecule has 0 radical (unpaired) electrons. The third kappa shape index (κ3) is 14.4. The molecule has 4 aliphatic rings. The van der Waals surface area contributed by atoms with Gasteiger partial charge in [-0.2, -0.15) is 5.26 Å². The number of nitrogens with zero attached hydrogens (tertiary/aromatic N) is 2. The number of hydrogen-bond acceptors (Lipinski definition) is 17. The minimum Gasteiger partial charge on any atom is -0.459 e. The second-order valence-corrected chi connectivity index (χ2v) is 31.7. The fraction of sp³-hybridized carbons (Fsp3) is 0.902. The summed E-state index contributed by atoms with van der Waals surface area (Å²) in [6.07, 6.45) is -4.60. The highest BCUT2D eigenvalue weighted by Gasteiger charge is 2.67. The molecule has 0 aromatic rings. The predicted molar refractivity (Wildman–Crippen MR) is 271 cm³/mol. The third-order valence-corrected chi connectivity index (χ3v) is 16.7. The van der Waals surface area contributed by atoms with Crippen LogP contribution in [-0.2, 0) is 65.8 Å². The predicted octanol–water partition coefficient (Wildman–Crippen LogP) is 8.85. The van der Waals surface area contributed by atoms with Crippen molar-refractivity contribution in [3.63, 3.8) is 0 Å². The van der Waals surface area contributed by atoms with Crippen LogP contribution in [-0.4, -0.2) is 166 Å². The molecule has 406 valence electrons. The van der Waals surface area contributed by atoms with Crippen molar-refractivity contribution in [1.82, 2.24) is 4.90 Å². The first-order valence-corrected chi connectivity index (χ1v) is 32.1. The Bertz CT molecular complexity index is 1740. The van der Waals surface area contributed by atoms with E-state index in [4.69, 9.17) is 66.2 Å². The Kier molecular flexibility index (Phi) is 22.2. The van der Waals surface area contributed by atoms with Gasteiger partial charge in [-0.3, -0.25) is 4.79 Å². The number of esters is 1. The molecule has 19 atom stereocenters. The van der Waals surface area contributed by atoms with Crippen LogP contribution in [0.3, 0.4) is 0 Å². The van der Waals surface area contributed by atoms with E-state index < -0.39 is 118 Å². The van der Waals surface area contributed by atoms with Crippen LogP contribution in [0.4, 0.5) is 4.79 Å². The van der Waals surface area contributed by atoms with Gasteiger partial charge in [-0.1, -0.05) is 40.3 Å². The van der Waals surface area contributed by atoms with Gasteiger partial charge in [0.15, 0.2) is 41.1 Å². The Morgan fingerprint density at radius 3 is 1.93 bits per heavy atom. The summed E-state index contributed by atoms with van der Waals surface area (Å²) in [4.78, 5) is 30.0. The standard InChI is InChI=1S/C49H91NO15Si2.C2H3N/c1-23-25-56-45(52)62-42-34(8)58-37(28-47(42,10)54-15)60-38-31(5)40(61-44-39(63-66(17,18)19)35(50(12)13)26-30(4)57-44)46(9,53-14)27-29(3)49(55-16)33(7)41(64-67(20,21)22)48(11,65-49)36(24-2)59-43(51)32(38)6;1-2-3/h23,29-42,44H,1,24-28H2,2-22H3;1H3/t29-,30-,31+,32-,33-,34+,35+,36-,37+,38+,39-,40-,41-,42+,44+,46-,47-,48-,49+;/m1./s1. The first kappa shape index (κ1) is 62.3. The smallest absolute Gasteiger partial charge is 0.459 e. The number of rotatable bonds is 16. The van der Waals surface area contributed by atoms with Crippen molar-refractivity contribution in [3.8, 4) is 6.07 Å². The van der Waals surface area contributed by atoms with Crippen LogP contribution >= 0.6 is 0 Å². The molecule has 0 unspecified atom stereocenters. The van der Waals surface area contributed by atoms with Crippen LogP contribution in [0.1, 0.15) is 102 Å². The normalized spacial score (nSPS) is 41.9. The zero-order chi connectivity index (χ0) is 53.5. The number of nitriles is 1. The Hall–Kier alpha value is -2.04. The summed E-state index contributed by atoms with van der Waals surface area (Å²) in [5, 5.41) is 7.32. The molecule has 4 saturated heterocycles. The lowest BCUT2D eigenvalue weighted by molar-refractivity contribution is -0.322. The maximum Gasteiger partial charge on any atom is 0.509 e. The highest BCUT2D eigenvalue weighted by Crippen LogP contribution is 2.54. The van der Waals surface area contributed by atoms with Crippen molar-refractivity contribution in [1.29, 1.82) is 5.26 Å². The Labute approximate surface area is 423 Å². The van der Waals surface area contributed by atoms with Crippen LogP contribution in [0.25, 0.3) is 0 Å². The van der Waals surface area contributed by atoms with Crippen molar-refractivity contribution < 1.29 is 70.5 Å². The molecule has 0 aliphatic carbocycles. The first-order chi connectivity index (χ1) is 32.3. The molecule has 17 nitrogen and oxygen atoms in total. The number of carbonyl (C=O) groups is 2. The lowest BCUT2D eigenvalue weighted by Gasteiger charge is -2.51. The van der Waals surface area contributed by atoms with Crippen LogP contribution in [0, 0.1) is 35.0 Å². The Balaban J connectivity index is 0.00000421. The van der Waals surface area contributed by atoms with Crippen LogP contribution < -0.4 is 0 Å². The quantitative estimate of drug-likeness (QED) is 0.0812. The van der Waals surface area contributed by atoms with Gasteiger partial charge in [0.2, 0.25) is 0 Å². The number of likely N-dealkylation sites (N-methyl/N-ethyl adjacent to an activating group) is 1. The summed E-state index contributed by atoms with van der Waals surface area (Å²) in [7, 11) is 4.62. The molecule has 0 amide bonds. The van der Waals surface area contributed by atoms with Gasteiger partial charge in [0.05, 0.1) is 48.1 Å². The van der Waals surface area contributed by atoms with Gasteiger partial charge in [-0.25, -0.2) is 4.79 Å². The number of cyclic esters (lactones) is 1. The van der Waals surface area contributed by atoms with Crippen LogP contribution in [0.15, 0.2) is 12.7 Å². The maximum absolute atomic E-state index is 15.1. The molecule has 0 spiro atoms. The molecule has 19 heteroatoms. The molecular weight excluding hydrogens is 937 g/mol. The van der Waals surface area contributed by atoms with Crippen molar-refractivity contribution >= 4 is 28.8 Å². The van der Waals surface area contributed by atoms with E-state index in [2.05, 4.69) is 85.6 Å². The molecule has 4 heterocycles. The van der Waals surface area contributed by atoms with E-state index in [0.717, 1.165) is 6.42 Å². The van der Waals surface area contributed by atoms with Gasteiger partial charge < -0.3 is 65.9 Å². The summed E-state index contributed by atoms with van der Waals surface area (Å²) in [5.41, 5.74) is -3.29. The van der Waals surface area contributed by atoms with Gasteiger partial charge in [-0.15, -0.1) is 0 Å². The van der Waals surface area contributed by atoms with E-state index in [0.29, 0.717) is 12.8 Å². The molecule has 0 aromatic heterocycles. The van der Waals surface area contributed by atoms with Gasteiger partial charge in [-0.05, 0) is 114 Å². The van der Waals surface area contributed by atoms with E-state index in [-0.39, 0.29) is 37.0 Å². The monoisotopic (exact) mass is 1030 g/mol. The van der Waals surface area contributed by atoms with E-state index in [1.807, 2.05) is 41.5 Å². The molecule has 0 saturated carbocycles. The Morgan fingerprint density at radius 1 is 0.857 bits per heavy atom. The summed E-state index contributed by atoms with van der Waals surface area (Å²) < 4.78 is 86.5. The summed E-state index contributed by atoms with van der Waals surface area (Å²) in [5.74, 6) is -3.80. The molecule has 0 N–H and O–H groups in total. The van der Waals surface area contributed by atoms with Crippen LogP contribution in [0.2, 0.25) is 39.3 Å². The van der Waals surface area contributed by atoms with E-state index in [1.165, 1.54) is 13.0 Å². The lowest BCUT2D eigenvalue weighted by atomic mass is 9.73. The van der Waals surface area contributed by atoms with E-state index >= 15 is 4.79 Å². The zero-order valence-corrected chi connectivity index (χ0v) is 49.0. The number of methoxy groups -OCH3 is 3. The SMILES string of the molecule is C=CCOC(=O)O[C@H]1[C@H](C)O[C@@H](O[C@H]2[C@H](C)[C@@H](O[C@@H]3O[C@H](C)C[C@H](N(C)C)[C@H]3O[Si](C)(C)C)[C@](C)(OC)C[C@@H](C)[C@]3(OC)O[C@@](C)([C@H](O[Si](C)(C)C)[C@H]3C)[C@@H](CC)OC(=O)[C@@H]2C)C[C@@]1(C)OC.CC#N. The second kappa shape index (κ2) is 25.0. The van der Waals surface area contributed by atoms with Crippen molar-refractivity contribution in [2.24, 2.45) is 23.7 Å². The number of ether oxygens (including phenoxy) is 11. The van der Waals surface area contributed by atoms with Crippen molar-refractivity contribution in [3.05, 3.63) is 12.7 Å². The molecule has 4 aliphatic heterocycles. The molecule has 2 bridgehead atoms. The minimum absolute atomic E-state index is 0.0144. The molecule has 0 aromatic carbocycles. The van der Waals surface area contributed by atoms with Crippen molar-refractivity contribution in [2.45, 2.75) is 231 Å². The maximum atomic E-state index is 15.1. The fourth-order valence-corrected chi connectivity index (χ4v) is 13.6. The Morgan fingerprint density at radius 2 is 1.43 bits per heavy atom. The number of fused-ring (bicyclic) bond motifs is 2. The topological polar surface area (TPSA) is 181 Å². The van der Waals surface area contributed by atoms with Gasteiger partial charge >= 0.3 is 12.1 Å². The third-order valence-electron chi connectivity index (χ3n) is 14.7. The first-order valence-electron chi connectivity index (χ1n) is 25.3. The fourth-order valence-electron chi connectivity index (χ4n) is 11.3. The number of hydrogen-bond donors (Lipinski definition) is 0. The average molecular weight is 1030 g/mol. The van der Waals surface area contributed by atoms with E-state index in [1.54, 1.807) is 34.3 Å². The highest BCUT2D eigenvalue weighted by atomic mass is 28.4. The van der Waals surface area contributed by atoms with Gasteiger partial charge in [0, 0.05) is 58.5 Å². The molecular formula is C51H94N2O15Si2. The minimum atomic E-state index is -2.23. The summed E-state index contributed by atoms with van der Waals surface area (Å²) >= 11 is 0. The van der Waals surface area contributed by atoms with Crippen LogP contribution in [0.5, 0.6) is 0 Å². The van der Waals surface area contributed by atoms with Gasteiger partial charge in [0.1, 0.15) is 30.0 Å².